The highest BCUT2D eigenvalue weighted by atomic mass is 19.4. The van der Waals surface area contributed by atoms with Gasteiger partial charge in [0.1, 0.15) is 18.0 Å². The fourth-order valence-corrected chi connectivity index (χ4v) is 1.83. The molecule has 3 heterocycles. The number of nitrogen functional groups attached to an aromatic ring is 1. The molecule has 0 aliphatic rings. The third-order valence-electron chi connectivity index (χ3n) is 3.03. The fourth-order valence-electron chi connectivity index (χ4n) is 1.83. The van der Waals surface area contributed by atoms with E-state index in [2.05, 4.69) is 20.3 Å². The molecule has 0 aliphatic carbocycles. The Kier molecular flexibility index (Phi) is 6.11. The van der Waals surface area contributed by atoms with Crippen LogP contribution in [0.5, 0.6) is 0 Å². The molecule has 0 saturated heterocycles. The van der Waals surface area contributed by atoms with E-state index in [1.165, 1.54) is 24.7 Å². The molecule has 0 aliphatic heterocycles. The second-order valence-corrected chi connectivity index (χ2v) is 5.23. The first kappa shape index (κ1) is 19.9. The van der Waals surface area contributed by atoms with Gasteiger partial charge >= 0.3 is 12.2 Å². The number of hydrogen-bond donors (Lipinski definition) is 3. The number of aryl methyl sites for hydroxylation is 1. The lowest BCUT2D eigenvalue weighted by atomic mass is 10.4. The molecule has 0 spiro atoms. The van der Waals surface area contributed by atoms with Crippen LogP contribution < -0.4 is 16.4 Å². The van der Waals surface area contributed by atoms with Gasteiger partial charge in [0, 0.05) is 18.1 Å². The van der Waals surface area contributed by atoms with Crippen molar-refractivity contribution in [2.75, 3.05) is 17.6 Å². The number of fused-ring (bicyclic) bond motifs is 1. The standard InChI is InChI=1S/C8H7FN2.C7H8F3N5O/c1-6-4-10-8-3-2-7(9)5-11(6)8;8-7(9,10)3-14-6(16)15-4-1-12-5(11)13-2-4/h2-5H,1H3;1-2H,3H2,(H2,11,12,13)(H2,14,15,16). The van der Waals surface area contributed by atoms with Crippen LogP contribution in [0.3, 0.4) is 0 Å². The Hall–Kier alpha value is -3.44. The number of rotatable bonds is 2. The smallest absolute Gasteiger partial charge is 0.368 e. The molecule has 0 bridgehead atoms. The highest BCUT2D eigenvalue weighted by Gasteiger charge is 2.27. The molecule has 0 atom stereocenters. The van der Waals surface area contributed by atoms with Crippen LogP contribution in [0.15, 0.2) is 36.9 Å². The molecule has 4 N–H and O–H groups in total. The zero-order chi connectivity index (χ0) is 20.0. The summed E-state index contributed by atoms with van der Waals surface area (Å²) < 4.78 is 49.5. The number of aromatic nitrogens is 4. The summed E-state index contributed by atoms with van der Waals surface area (Å²) in [4.78, 5) is 22.1. The summed E-state index contributed by atoms with van der Waals surface area (Å²) >= 11 is 0. The number of carbonyl (C=O) groups excluding carboxylic acids is 1. The zero-order valence-corrected chi connectivity index (χ0v) is 14.0. The van der Waals surface area contributed by atoms with Gasteiger partial charge in [0.25, 0.3) is 0 Å². The van der Waals surface area contributed by atoms with Gasteiger partial charge in [-0.25, -0.2) is 24.1 Å². The second-order valence-electron chi connectivity index (χ2n) is 5.23. The number of pyridine rings is 1. The third-order valence-corrected chi connectivity index (χ3v) is 3.03. The quantitative estimate of drug-likeness (QED) is 0.587. The minimum Gasteiger partial charge on any atom is -0.368 e. The molecule has 0 unspecified atom stereocenters. The minimum atomic E-state index is -4.45. The first-order valence-corrected chi connectivity index (χ1v) is 7.42. The van der Waals surface area contributed by atoms with Crippen molar-refractivity contribution in [1.82, 2.24) is 24.7 Å². The number of nitrogens with two attached hydrogens (primary N) is 1. The summed E-state index contributed by atoms with van der Waals surface area (Å²) in [7, 11) is 0. The number of imidazole rings is 1. The van der Waals surface area contributed by atoms with Gasteiger partial charge in [0.05, 0.1) is 18.1 Å². The van der Waals surface area contributed by atoms with Crippen molar-refractivity contribution in [1.29, 1.82) is 0 Å². The summed E-state index contributed by atoms with van der Waals surface area (Å²) in [6.07, 6.45) is 1.05. The van der Waals surface area contributed by atoms with Crippen LogP contribution >= 0.6 is 0 Å². The van der Waals surface area contributed by atoms with Gasteiger partial charge in [-0.2, -0.15) is 13.2 Å². The maximum absolute atomic E-state index is 12.6. The van der Waals surface area contributed by atoms with Crippen LogP contribution in [0.4, 0.5) is 34.0 Å². The lowest BCUT2D eigenvalue weighted by molar-refractivity contribution is -0.122. The maximum Gasteiger partial charge on any atom is 0.405 e. The molecule has 3 aromatic heterocycles. The van der Waals surface area contributed by atoms with Crippen molar-refractivity contribution in [3.8, 4) is 0 Å². The molecule has 2 amide bonds. The summed E-state index contributed by atoms with van der Waals surface area (Å²) in [5, 5.41) is 3.73. The number of alkyl halides is 3. The van der Waals surface area contributed by atoms with E-state index in [0.29, 0.717) is 0 Å². The van der Waals surface area contributed by atoms with Gasteiger partial charge in [-0.05, 0) is 19.1 Å². The Morgan fingerprint density at radius 2 is 1.85 bits per heavy atom. The second kappa shape index (κ2) is 8.29. The van der Waals surface area contributed by atoms with E-state index >= 15 is 0 Å². The molecule has 3 aromatic rings. The predicted molar refractivity (Wildman–Crippen MR) is 89.4 cm³/mol. The monoisotopic (exact) mass is 385 g/mol. The summed E-state index contributed by atoms with van der Waals surface area (Å²) in [6.45, 7) is 0.480. The largest absolute Gasteiger partial charge is 0.405 e. The summed E-state index contributed by atoms with van der Waals surface area (Å²) in [5.74, 6) is -0.236. The van der Waals surface area contributed by atoms with Crippen molar-refractivity contribution in [3.05, 3.63) is 48.4 Å². The number of carbonyl (C=O) groups is 1. The normalized spacial score (nSPS) is 10.9. The number of amides is 2. The van der Waals surface area contributed by atoms with Crippen LogP contribution in [0, 0.1) is 12.7 Å². The number of urea groups is 1. The van der Waals surface area contributed by atoms with E-state index in [9.17, 15) is 22.4 Å². The molecule has 0 radical (unpaired) electrons. The first-order chi connectivity index (χ1) is 12.6. The molecule has 3 rings (SSSR count). The van der Waals surface area contributed by atoms with Gasteiger partial charge in [-0.1, -0.05) is 0 Å². The Bertz CT molecular complexity index is 909. The number of halogens is 4. The van der Waals surface area contributed by atoms with Crippen LogP contribution in [0.25, 0.3) is 5.65 Å². The molecule has 0 aromatic carbocycles. The van der Waals surface area contributed by atoms with Gasteiger partial charge in [-0.3, -0.25) is 0 Å². The highest BCUT2D eigenvalue weighted by molar-refractivity contribution is 5.88. The van der Waals surface area contributed by atoms with Crippen LogP contribution in [-0.2, 0) is 0 Å². The van der Waals surface area contributed by atoms with E-state index in [1.807, 2.05) is 6.92 Å². The molecule has 12 heteroatoms. The molecule has 0 fully saturated rings. The molecular formula is C15H15F4N7O. The van der Waals surface area contributed by atoms with E-state index in [0.717, 1.165) is 11.3 Å². The van der Waals surface area contributed by atoms with Crippen molar-refractivity contribution in [2.45, 2.75) is 13.1 Å². The van der Waals surface area contributed by atoms with Gasteiger partial charge in [-0.15, -0.1) is 0 Å². The van der Waals surface area contributed by atoms with E-state index < -0.39 is 18.8 Å². The fraction of sp³-hybridized carbons (Fsp3) is 0.200. The Balaban J connectivity index is 0.000000206. The molecule has 27 heavy (non-hydrogen) atoms. The summed E-state index contributed by atoms with van der Waals surface area (Å²) in [5.41, 5.74) is 7.05. The Labute approximate surface area is 150 Å². The van der Waals surface area contributed by atoms with E-state index in [-0.39, 0.29) is 17.5 Å². The lowest BCUT2D eigenvalue weighted by Gasteiger charge is -2.09. The summed E-state index contributed by atoms with van der Waals surface area (Å²) in [6, 6.07) is 2.06. The lowest BCUT2D eigenvalue weighted by Crippen LogP contribution is -2.36. The van der Waals surface area contributed by atoms with Crippen molar-refractivity contribution in [3.63, 3.8) is 0 Å². The number of nitrogens with zero attached hydrogens (tertiary/aromatic N) is 4. The highest BCUT2D eigenvalue weighted by Crippen LogP contribution is 2.12. The van der Waals surface area contributed by atoms with Gasteiger partial charge in [0.15, 0.2) is 0 Å². The SMILES string of the molecule is Cc1cnc2ccc(F)cn12.Nc1ncc(NC(=O)NCC(F)(F)F)cn1. The van der Waals surface area contributed by atoms with Crippen LogP contribution in [-0.4, -0.2) is 38.1 Å². The van der Waals surface area contributed by atoms with Crippen molar-refractivity contribution in [2.24, 2.45) is 0 Å². The van der Waals surface area contributed by atoms with E-state index in [1.54, 1.807) is 22.0 Å². The van der Waals surface area contributed by atoms with Gasteiger partial charge < -0.3 is 20.8 Å². The Morgan fingerprint density at radius 3 is 2.48 bits per heavy atom. The topological polar surface area (TPSA) is 110 Å². The number of anilines is 2. The first-order valence-electron chi connectivity index (χ1n) is 7.42. The van der Waals surface area contributed by atoms with Crippen molar-refractivity contribution >= 4 is 23.3 Å². The van der Waals surface area contributed by atoms with Crippen molar-refractivity contribution < 1.29 is 22.4 Å². The molecular weight excluding hydrogens is 370 g/mol. The average Bonchev–Trinajstić information content (AvgIpc) is 2.96. The van der Waals surface area contributed by atoms with Crippen LogP contribution in [0.2, 0.25) is 0 Å². The third kappa shape index (κ3) is 6.41. The van der Waals surface area contributed by atoms with Gasteiger partial charge in [0.2, 0.25) is 5.95 Å². The Morgan fingerprint density at radius 1 is 1.19 bits per heavy atom. The maximum atomic E-state index is 12.6. The number of hydrogen-bond acceptors (Lipinski definition) is 5. The molecule has 144 valence electrons. The predicted octanol–water partition coefficient (Wildman–Crippen LogP) is 2.52. The number of nitrogens with one attached hydrogen (secondary N) is 2. The zero-order valence-electron chi connectivity index (χ0n) is 14.0. The van der Waals surface area contributed by atoms with E-state index in [4.69, 9.17) is 5.73 Å². The minimum absolute atomic E-state index is 0.00116. The van der Waals surface area contributed by atoms with Crippen LogP contribution in [0.1, 0.15) is 5.69 Å². The average molecular weight is 385 g/mol. The molecule has 8 nitrogen and oxygen atoms in total. The molecule has 0 saturated carbocycles.